The van der Waals surface area contributed by atoms with Crippen molar-refractivity contribution in [2.24, 2.45) is 5.92 Å². The molecule has 1 rings (SSSR count). The SMILES string of the molecule is CCC(SC(C)=O)[Si]1(C)OCC(C)CO1. The van der Waals surface area contributed by atoms with E-state index in [9.17, 15) is 4.79 Å². The Labute approximate surface area is 97.2 Å². The molecule has 0 aromatic heterocycles. The predicted molar refractivity (Wildman–Crippen MR) is 65.0 cm³/mol. The molecule has 5 heteroatoms. The largest absolute Gasteiger partial charge is 0.393 e. The van der Waals surface area contributed by atoms with Gasteiger partial charge in [-0.15, -0.1) is 0 Å². The normalized spacial score (nSPS) is 33.7. The molecule has 0 aromatic rings. The average Bonchev–Trinajstić information content (AvgIpc) is 2.19. The van der Waals surface area contributed by atoms with E-state index >= 15 is 0 Å². The van der Waals surface area contributed by atoms with Gasteiger partial charge in [-0.2, -0.15) is 0 Å². The molecule has 1 atom stereocenters. The number of carbonyl (C=O) groups is 1. The molecule has 0 amide bonds. The number of thioether (sulfide) groups is 1. The summed E-state index contributed by atoms with van der Waals surface area (Å²) in [5.74, 6) is 0.477. The van der Waals surface area contributed by atoms with Gasteiger partial charge >= 0.3 is 8.56 Å². The molecule has 15 heavy (non-hydrogen) atoms. The van der Waals surface area contributed by atoms with E-state index in [1.54, 1.807) is 6.92 Å². The van der Waals surface area contributed by atoms with Gasteiger partial charge in [0.1, 0.15) is 0 Å². The quantitative estimate of drug-likeness (QED) is 0.718. The lowest BCUT2D eigenvalue weighted by atomic mass is 10.2. The van der Waals surface area contributed by atoms with E-state index in [2.05, 4.69) is 20.4 Å². The van der Waals surface area contributed by atoms with Gasteiger partial charge in [0.05, 0.1) is 4.87 Å². The fourth-order valence-corrected chi connectivity index (χ4v) is 6.41. The van der Waals surface area contributed by atoms with Crippen molar-refractivity contribution in [3.05, 3.63) is 0 Å². The Morgan fingerprint density at radius 3 is 2.47 bits per heavy atom. The molecule has 88 valence electrons. The molecule has 1 heterocycles. The number of hydrogen-bond acceptors (Lipinski definition) is 4. The molecule has 0 aliphatic carbocycles. The second-order valence-electron chi connectivity index (χ2n) is 4.25. The Balaban J connectivity index is 2.61. The predicted octanol–water partition coefficient (Wildman–Crippen LogP) is 2.34. The van der Waals surface area contributed by atoms with Crippen LogP contribution in [0.25, 0.3) is 0 Å². The van der Waals surface area contributed by atoms with E-state index < -0.39 is 8.56 Å². The number of rotatable bonds is 3. The van der Waals surface area contributed by atoms with Gasteiger partial charge in [0.2, 0.25) is 0 Å². The molecule has 1 unspecified atom stereocenters. The standard InChI is InChI=1S/C10H20O3SSi/c1-5-10(14-9(3)11)15(4)12-6-8(2)7-13-15/h8,10H,5-7H2,1-4H3. The molecule has 0 N–H and O–H groups in total. The van der Waals surface area contributed by atoms with E-state index in [1.165, 1.54) is 11.8 Å². The summed E-state index contributed by atoms with van der Waals surface area (Å²) < 4.78 is 11.8. The van der Waals surface area contributed by atoms with Crippen molar-refractivity contribution in [3.63, 3.8) is 0 Å². The zero-order valence-corrected chi connectivity index (χ0v) is 11.7. The molecule has 0 spiro atoms. The highest BCUT2D eigenvalue weighted by Crippen LogP contribution is 2.30. The summed E-state index contributed by atoms with van der Waals surface area (Å²) in [5, 5.41) is 0.154. The lowest BCUT2D eigenvalue weighted by molar-refractivity contribution is -0.109. The second kappa shape index (κ2) is 5.47. The molecular formula is C10H20O3SSi. The molecule has 3 nitrogen and oxygen atoms in total. The van der Waals surface area contributed by atoms with Crippen molar-refractivity contribution >= 4 is 25.4 Å². The van der Waals surface area contributed by atoms with Crippen LogP contribution in [0.15, 0.2) is 0 Å². The second-order valence-corrected chi connectivity index (χ2v) is 9.35. The minimum Gasteiger partial charge on any atom is -0.393 e. The summed E-state index contributed by atoms with van der Waals surface area (Å²) in [6.45, 7) is 9.44. The molecule has 1 saturated heterocycles. The summed E-state index contributed by atoms with van der Waals surface area (Å²) in [5.41, 5.74) is 0. The zero-order chi connectivity index (χ0) is 11.5. The van der Waals surface area contributed by atoms with Crippen molar-refractivity contribution in [1.82, 2.24) is 0 Å². The molecule has 0 aromatic carbocycles. The smallest absolute Gasteiger partial charge is 0.348 e. The van der Waals surface area contributed by atoms with Gasteiger partial charge in [0.25, 0.3) is 0 Å². The van der Waals surface area contributed by atoms with Crippen molar-refractivity contribution < 1.29 is 13.6 Å². The summed E-state index contributed by atoms with van der Waals surface area (Å²) >= 11 is 1.38. The lowest BCUT2D eigenvalue weighted by Gasteiger charge is -2.38. The highest BCUT2D eigenvalue weighted by Gasteiger charge is 2.44. The maximum absolute atomic E-state index is 11.1. The van der Waals surface area contributed by atoms with Gasteiger partial charge < -0.3 is 8.85 Å². The van der Waals surface area contributed by atoms with E-state index in [0.717, 1.165) is 19.6 Å². The fraction of sp³-hybridized carbons (Fsp3) is 0.900. The van der Waals surface area contributed by atoms with Crippen molar-refractivity contribution in [2.75, 3.05) is 13.2 Å². The monoisotopic (exact) mass is 248 g/mol. The van der Waals surface area contributed by atoms with Crippen molar-refractivity contribution in [3.8, 4) is 0 Å². The molecule has 1 aliphatic rings. The van der Waals surface area contributed by atoms with Crippen LogP contribution in [0.3, 0.4) is 0 Å². The van der Waals surface area contributed by atoms with Crippen LogP contribution in [0, 0.1) is 5.92 Å². The van der Waals surface area contributed by atoms with Crippen LogP contribution in [0.2, 0.25) is 6.55 Å². The molecule has 0 radical (unpaired) electrons. The minimum atomic E-state index is -2.13. The third-order valence-corrected chi connectivity index (χ3v) is 8.22. The Kier molecular flexibility index (Phi) is 4.83. The summed E-state index contributed by atoms with van der Waals surface area (Å²) in [6, 6.07) is 0. The topological polar surface area (TPSA) is 35.5 Å². The average molecular weight is 248 g/mol. The van der Waals surface area contributed by atoms with Gasteiger partial charge in [-0.25, -0.2) is 0 Å². The Hall–Kier alpha value is 0.157. The van der Waals surface area contributed by atoms with Gasteiger partial charge in [0.15, 0.2) is 5.12 Å². The van der Waals surface area contributed by atoms with Crippen LogP contribution in [-0.2, 0) is 13.6 Å². The van der Waals surface area contributed by atoms with Crippen LogP contribution in [-0.4, -0.2) is 31.8 Å². The van der Waals surface area contributed by atoms with Gasteiger partial charge in [-0.1, -0.05) is 25.6 Å². The van der Waals surface area contributed by atoms with Gasteiger partial charge in [-0.05, 0) is 13.0 Å². The van der Waals surface area contributed by atoms with Crippen molar-refractivity contribution in [2.45, 2.75) is 38.6 Å². The van der Waals surface area contributed by atoms with Crippen LogP contribution >= 0.6 is 11.8 Å². The lowest BCUT2D eigenvalue weighted by Crippen LogP contribution is -2.54. The van der Waals surface area contributed by atoms with E-state index in [1.807, 2.05) is 0 Å². The Bertz CT molecular complexity index is 227. The Morgan fingerprint density at radius 2 is 2.07 bits per heavy atom. The van der Waals surface area contributed by atoms with Crippen LogP contribution in [0.4, 0.5) is 0 Å². The first-order valence-corrected chi connectivity index (χ1v) is 8.70. The molecule has 1 fully saturated rings. The molecular weight excluding hydrogens is 228 g/mol. The third-order valence-electron chi connectivity index (χ3n) is 2.57. The molecule has 0 bridgehead atoms. The maximum Gasteiger partial charge on any atom is 0.348 e. The maximum atomic E-state index is 11.1. The summed E-state index contributed by atoms with van der Waals surface area (Å²) in [6.07, 6.45) is 0.932. The van der Waals surface area contributed by atoms with Gasteiger partial charge in [0, 0.05) is 26.1 Å². The number of carbonyl (C=O) groups excluding carboxylic acids is 1. The number of hydrogen-bond donors (Lipinski definition) is 0. The summed E-state index contributed by atoms with van der Waals surface area (Å²) in [4.78, 5) is 11.4. The van der Waals surface area contributed by atoms with Gasteiger partial charge in [-0.3, -0.25) is 4.79 Å². The zero-order valence-electron chi connectivity index (χ0n) is 9.91. The summed E-state index contributed by atoms with van der Waals surface area (Å²) in [7, 11) is -2.13. The minimum absolute atomic E-state index is 0.154. The first-order chi connectivity index (χ1) is 6.98. The van der Waals surface area contributed by atoms with Crippen LogP contribution in [0.1, 0.15) is 27.2 Å². The third kappa shape index (κ3) is 3.59. The highest BCUT2D eigenvalue weighted by molar-refractivity contribution is 8.15. The highest BCUT2D eigenvalue weighted by atomic mass is 32.2. The Morgan fingerprint density at radius 1 is 1.53 bits per heavy atom. The van der Waals surface area contributed by atoms with Crippen LogP contribution < -0.4 is 0 Å². The van der Waals surface area contributed by atoms with E-state index in [0.29, 0.717) is 5.92 Å². The van der Waals surface area contributed by atoms with E-state index in [-0.39, 0.29) is 9.99 Å². The molecule has 0 saturated carbocycles. The first-order valence-electron chi connectivity index (χ1n) is 5.43. The van der Waals surface area contributed by atoms with Crippen LogP contribution in [0.5, 0.6) is 0 Å². The fourth-order valence-electron chi connectivity index (χ4n) is 1.65. The molecule has 1 aliphatic heterocycles. The van der Waals surface area contributed by atoms with Crippen molar-refractivity contribution in [1.29, 1.82) is 0 Å². The first kappa shape index (κ1) is 13.2. The van der Waals surface area contributed by atoms with E-state index in [4.69, 9.17) is 8.85 Å².